The predicted octanol–water partition coefficient (Wildman–Crippen LogP) is 3.66. The lowest BCUT2D eigenvalue weighted by Gasteiger charge is -2.36. The van der Waals surface area contributed by atoms with Crippen molar-refractivity contribution in [3.05, 3.63) is 96.2 Å². The smallest absolute Gasteiger partial charge is 0.359 e. The Morgan fingerprint density at radius 1 is 1.02 bits per heavy atom. The van der Waals surface area contributed by atoms with Crippen molar-refractivity contribution in [1.29, 1.82) is 0 Å². The molecule has 2 aromatic carbocycles. The maximum absolute atomic E-state index is 15.5. The molecular formula is C35H41FN6O7S. The summed E-state index contributed by atoms with van der Waals surface area (Å²) >= 11 is 0. The quantitative estimate of drug-likeness (QED) is 0.165. The monoisotopic (exact) mass is 708 g/mol. The van der Waals surface area contributed by atoms with E-state index in [1.807, 2.05) is 30.0 Å². The lowest BCUT2D eigenvalue weighted by atomic mass is 10.1. The van der Waals surface area contributed by atoms with Crippen molar-refractivity contribution in [2.75, 3.05) is 49.2 Å². The number of hydrogen-bond donors (Lipinski definition) is 2. The fourth-order valence-electron chi connectivity index (χ4n) is 6.49. The number of H-pyrrole nitrogens is 1. The minimum atomic E-state index is -4.14. The molecule has 13 nitrogen and oxygen atoms in total. The first-order chi connectivity index (χ1) is 23.8. The van der Waals surface area contributed by atoms with Crippen molar-refractivity contribution >= 4 is 44.2 Å². The van der Waals surface area contributed by atoms with E-state index in [4.69, 9.17) is 0 Å². The lowest BCUT2D eigenvalue weighted by Crippen LogP contribution is -2.47. The summed E-state index contributed by atoms with van der Waals surface area (Å²) in [7, 11) is -4.14. The minimum absolute atomic E-state index is 0.00634. The standard InChI is InChI=1S/C35H41FN6O7S/c1-4-23-17-24(8-7-22(23)2)37-31-20-32(43)41(35(46)38-31)12-6-5-11-39-13-15-40(16-14-39)30-19-29-26(18-28(30)36)33(44)27(21-42(29)25-9-10-25)34(45)49-50(3,47)48/h7-8,17-21,25,37H,4-6,9-16H2,1-3H3,(H,38,46). The maximum Gasteiger partial charge on any atom is 0.359 e. The maximum atomic E-state index is 15.5. The molecule has 1 aliphatic heterocycles. The van der Waals surface area contributed by atoms with Crippen LogP contribution in [0.2, 0.25) is 0 Å². The normalized spacial score (nSPS) is 15.4. The summed E-state index contributed by atoms with van der Waals surface area (Å²) in [6.07, 6.45) is 5.92. The molecule has 0 atom stereocenters. The molecule has 0 unspecified atom stereocenters. The van der Waals surface area contributed by atoms with Gasteiger partial charge in [-0.25, -0.2) is 14.0 Å². The number of piperazine rings is 1. The second kappa shape index (κ2) is 14.2. The number of nitrogens with one attached hydrogen (secondary N) is 2. The van der Waals surface area contributed by atoms with Gasteiger partial charge < -0.3 is 19.0 Å². The second-order valence-corrected chi connectivity index (χ2v) is 14.6. The molecule has 2 fully saturated rings. The van der Waals surface area contributed by atoms with E-state index in [1.54, 1.807) is 10.6 Å². The highest BCUT2D eigenvalue weighted by atomic mass is 32.2. The highest BCUT2D eigenvalue weighted by Gasteiger charge is 2.30. The average molecular weight is 709 g/mol. The molecule has 1 saturated carbocycles. The Hall–Kier alpha value is -4.76. The third-order valence-corrected chi connectivity index (χ3v) is 9.79. The molecule has 1 aliphatic carbocycles. The van der Waals surface area contributed by atoms with Gasteiger partial charge in [-0.2, -0.15) is 8.42 Å². The van der Waals surface area contributed by atoms with Crippen molar-refractivity contribution < 1.29 is 21.8 Å². The third kappa shape index (κ3) is 7.83. The Morgan fingerprint density at radius 2 is 1.74 bits per heavy atom. The van der Waals surface area contributed by atoms with Crippen LogP contribution < -0.4 is 26.9 Å². The number of halogens is 1. The van der Waals surface area contributed by atoms with E-state index in [-0.39, 0.29) is 23.5 Å². The van der Waals surface area contributed by atoms with E-state index in [2.05, 4.69) is 26.3 Å². The lowest BCUT2D eigenvalue weighted by molar-refractivity contribution is 0.0746. The van der Waals surface area contributed by atoms with Gasteiger partial charge in [0.2, 0.25) is 5.43 Å². The van der Waals surface area contributed by atoms with E-state index in [9.17, 15) is 27.6 Å². The van der Waals surface area contributed by atoms with Crippen molar-refractivity contribution in [2.45, 2.75) is 58.5 Å². The van der Waals surface area contributed by atoms with Crippen LogP contribution in [0.1, 0.15) is 60.1 Å². The molecule has 3 heterocycles. The summed E-state index contributed by atoms with van der Waals surface area (Å²) < 4.78 is 45.9. The number of nitrogens with zero attached hydrogens (tertiary/aromatic N) is 4. The number of rotatable bonds is 12. The zero-order chi connectivity index (χ0) is 35.7. The Kier molecular flexibility index (Phi) is 9.98. The van der Waals surface area contributed by atoms with Gasteiger partial charge >= 0.3 is 21.8 Å². The van der Waals surface area contributed by atoms with Crippen LogP contribution in [0, 0.1) is 12.7 Å². The van der Waals surface area contributed by atoms with Gasteiger partial charge in [-0.15, -0.1) is 0 Å². The van der Waals surface area contributed by atoms with Crippen LogP contribution in [0.25, 0.3) is 10.9 Å². The molecule has 4 aromatic rings. The largest absolute Gasteiger partial charge is 0.367 e. The van der Waals surface area contributed by atoms with E-state index < -0.39 is 38.6 Å². The summed E-state index contributed by atoms with van der Waals surface area (Å²) in [5, 5.41) is 3.11. The number of anilines is 3. The van der Waals surface area contributed by atoms with Crippen LogP contribution in [0.5, 0.6) is 0 Å². The van der Waals surface area contributed by atoms with Crippen molar-refractivity contribution in [1.82, 2.24) is 19.0 Å². The first kappa shape index (κ1) is 35.1. The summed E-state index contributed by atoms with van der Waals surface area (Å²) in [5.41, 5.74) is 1.91. The summed E-state index contributed by atoms with van der Waals surface area (Å²) in [6.45, 7) is 7.59. The molecule has 2 aromatic heterocycles. The van der Waals surface area contributed by atoms with E-state index in [0.717, 1.165) is 44.0 Å². The van der Waals surface area contributed by atoms with Gasteiger partial charge in [0.05, 0.1) is 17.5 Å². The molecule has 0 spiro atoms. The Balaban J connectivity index is 1.05. The van der Waals surface area contributed by atoms with Crippen LogP contribution >= 0.6 is 0 Å². The van der Waals surface area contributed by atoms with Gasteiger partial charge in [0, 0.05) is 62.1 Å². The fourth-order valence-corrected chi connectivity index (χ4v) is 6.85. The van der Waals surface area contributed by atoms with Crippen LogP contribution in [0.4, 0.5) is 21.6 Å². The molecule has 0 bridgehead atoms. The molecule has 0 radical (unpaired) electrons. The Labute approximate surface area is 288 Å². The van der Waals surface area contributed by atoms with E-state index >= 15 is 4.39 Å². The minimum Gasteiger partial charge on any atom is -0.367 e. The van der Waals surface area contributed by atoms with Gasteiger partial charge in [-0.3, -0.25) is 24.0 Å². The van der Waals surface area contributed by atoms with Crippen molar-refractivity contribution in [2.24, 2.45) is 0 Å². The summed E-state index contributed by atoms with van der Waals surface area (Å²) in [6, 6.07) is 10.1. The van der Waals surface area contributed by atoms with Crippen molar-refractivity contribution in [3.8, 4) is 0 Å². The molecule has 6 rings (SSSR count). The SMILES string of the molecule is CCc1cc(Nc2cc(=O)n(CCCCN3CCN(c4cc5c(cc4F)c(=O)c(C(=O)OS(C)(=O)=O)cn5C4CC4)CC3)c(=O)[nH]2)ccc1C. The van der Waals surface area contributed by atoms with Crippen LogP contribution in [-0.4, -0.2) is 72.4 Å². The number of carbonyl (C=O) groups excluding carboxylic acids is 1. The number of aromatic amines is 1. The number of unbranched alkanes of at least 4 members (excludes halogenated alkanes) is 1. The topological polar surface area (TPSA) is 156 Å². The fraction of sp³-hybridized carbons (Fsp3) is 0.429. The highest BCUT2D eigenvalue weighted by molar-refractivity contribution is 7.86. The first-order valence-corrected chi connectivity index (χ1v) is 18.6. The molecule has 0 amide bonds. The molecule has 50 heavy (non-hydrogen) atoms. The van der Waals surface area contributed by atoms with Gasteiger partial charge in [0.15, 0.2) is 0 Å². The molecule has 2 N–H and O–H groups in total. The number of aryl methyl sites for hydroxylation is 2. The van der Waals surface area contributed by atoms with E-state index in [0.29, 0.717) is 55.9 Å². The third-order valence-electron chi connectivity index (χ3n) is 9.34. The average Bonchev–Trinajstić information content (AvgIpc) is 3.90. The number of aromatic nitrogens is 3. The van der Waals surface area contributed by atoms with Crippen LogP contribution in [0.15, 0.2) is 57.0 Å². The summed E-state index contributed by atoms with van der Waals surface area (Å²) in [5.74, 6) is -1.55. The molecule has 2 aliphatic rings. The first-order valence-electron chi connectivity index (χ1n) is 16.8. The van der Waals surface area contributed by atoms with Gasteiger partial charge in [-0.05, 0) is 81.0 Å². The number of carbonyl (C=O) groups is 1. The molecular weight excluding hydrogens is 667 g/mol. The Bertz CT molecular complexity index is 2200. The zero-order valence-corrected chi connectivity index (χ0v) is 29.1. The number of pyridine rings is 1. The predicted molar refractivity (Wildman–Crippen MR) is 190 cm³/mol. The number of fused-ring (bicyclic) bond motifs is 1. The van der Waals surface area contributed by atoms with Gasteiger partial charge in [0.25, 0.3) is 5.56 Å². The molecule has 266 valence electrons. The summed E-state index contributed by atoms with van der Waals surface area (Å²) in [4.78, 5) is 58.1. The molecule has 1 saturated heterocycles. The van der Waals surface area contributed by atoms with Gasteiger partial charge in [-0.1, -0.05) is 13.0 Å². The molecule has 15 heteroatoms. The number of benzene rings is 2. The van der Waals surface area contributed by atoms with Crippen LogP contribution in [0.3, 0.4) is 0 Å². The van der Waals surface area contributed by atoms with E-state index in [1.165, 1.54) is 28.0 Å². The second-order valence-electron chi connectivity index (χ2n) is 13.0. The zero-order valence-electron chi connectivity index (χ0n) is 28.3. The highest BCUT2D eigenvalue weighted by Crippen LogP contribution is 2.38. The van der Waals surface area contributed by atoms with Crippen LogP contribution in [-0.2, 0) is 27.3 Å². The van der Waals surface area contributed by atoms with Crippen molar-refractivity contribution in [3.63, 3.8) is 0 Å². The number of hydrogen-bond acceptors (Lipinski definition) is 10. The van der Waals surface area contributed by atoms with Gasteiger partial charge in [0.1, 0.15) is 17.2 Å². The Morgan fingerprint density at radius 3 is 2.40 bits per heavy atom.